The molecule has 0 bridgehead atoms. The Balaban J connectivity index is 0.000000126. The number of H-pyrrole nitrogens is 4. The van der Waals surface area contributed by atoms with Crippen LogP contribution in [0.15, 0.2) is 196 Å². The topological polar surface area (TPSA) is 464 Å². The van der Waals surface area contributed by atoms with Gasteiger partial charge in [0.15, 0.2) is 23.3 Å². The fourth-order valence-corrected chi connectivity index (χ4v) is 17.3. The monoisotopic (exact) mass is 1950 g/mol. The Morgan fingerprint density at radius 1 is 0.364 bits per heavy atom. The van der Waals surface area contributed by atoms with Crippen molar-refractivity contribution in [3.05, 3.63) is 269 Å². The Bertz CT molecular complexity index is 7560. The van der Waals surface area contributed by atoms with Crippen molar-refractivity contribution >= 4 is 154 Å². The second-order valence-corrected chi connectivity index (χ2v) is 35.0. The standard InChI is InChI=1S/C26H25ClFN7O2.2C26H24FN7O2.C24H22FN7O2/c1-14(2)19-22(27)33-23(15-3-5-16(28)6-4-15)34-25(19)32-18-7-8-30-24-20(18)17(13-31-24)21(36)26(37)35-11-9-29-10-12-35;27-17-5-3-16(4-6-17)23-30-13-18(15-1-2-15)24(33-23)32-20-7-8-29-25-21(20)19(14-31-25)22(35)26(36)34-11-9-28-10-12-34;1-15(2)18-13-30-23(16-3-5-17(27)6-4-16)33-24(18)32-20-7-8-29-25-21(20)19(14-31-25)22(35)26(36)34-11-9-28-10-12-34;1-14-12-28-22(15-2-4-16(25)5-3-15)31-21(14)30-18-6-7-27-23-19(18)17(13-29-23)20(33)24(34)32-10-8-26-9-11-32/h3-8,13-14,29H,9-12H2,1-2H3,(H2,30,31,32,33,34);3-8,13-15,28H,1-2,9-12H2,(H2,29,30,31,32,33);3-8,13-14,28H,1,9-12H2,2H3,(H2,29,30,31,32,33);2-7,12-13,26H,8-11H2,1H3,(H2,27,28,29,30,31). The highest BCUT2D eigenvalue weighted by molar-refractivity contribution is 6.47. The number of hydrogen-bond donors (Lipinski definition) is 12. The van der Waals surface area contributed by atoms with E-state index in [2.05, 4.69) is 119 Å². The molecular weight excluding hydrogens is 1860 g/mol. The lowest BCUT2D eigenvalue weighted by molar-refractivity contribution is -0.127. The summed E-state index contributed by atoms with van der Waals surface area (Å²) in [5.74, 6) is -1.95. The van der Waals surface area contributed by atoms with Crippen LogP contribution in [0.1, 0.15) is 109 Å². The molecule has 41 heteroatoms. The molecule has 4 aromatic carbocycles. The molecule has 0 unspecified atom stereocenters. The van der Waals surface area contributed by atoms with Crippen LogP contribution in [0.3, 0.4) is 0 Å². The molecule has 1 aliphatic carbocycles. The zero-order chi connectivity index (χ0) is 99.6. The van der Waals surface area contributed by atoms with Crippen LogP contribution in [0.5, 0.6) is 0 Å². The lowest BCUT2D eigenvalue weighted by atomic mass is 10.0. The average molecular weight is 1950 g/mol. The van der Waals surface area contributed by atoms with Gasteiger partial charge in [0.1, 0.15) is 74.3 Å². The highest BCUT2D eigenvalue weighted by Gasteiger charge is 2.36. The number of benzene rings is 4. The van der Waals surface area contributed by atoms with E-state index < -0.39 is 46.8 Å². The molecule has 0 radical (unpaired) electrons. The molecule has 12 aromatic heterocycles. The van der Waals surface area contributed by atoms with Crippen molar-refractivity contribution in [2.24, 2.45) is 0 Å². The van der Waals surface area contributed by atoms with E-state index in [0.29, 0.717) is 257 Å². The summed E-state index contributed by atoms with van der Waals surface area (Å²) < 4.78 is 53.6. The molecule has 4 aliphatic heterocycles. The van der Waals surface area contributed by atoms with Gasteiger partial charge in [-0.1, -0.05) is 32.0 Å². The number of pyridine rings is 4. The minimum absolute atomic E-state index is 0.0313. The van der Waals surface area contributed by atoms with Crippen molar-refractivity contribution in [2.75, 3.05) is 126 Å². The third kappa shape index (κ3) is 21.6. The number of nitrogens with one attached hydrogen (secondary N) is 12. The first kappa shape index (κ1) is 96.6. The van der Waals surface area contributed by atoms with Crippen LogP contribution >= 0.6 is 11.6 Å². The smallest absolute Gasteiger partial charge is 0.295 e. The number of aryl methyl sites for hydroxylation is 1. The van der Waals surface area contributed by atoms with Gasteiger partial charge in [0, 0.05) is 217 Å². The van der Waals surface area contributed by atoms with Crippen molar-refractivity contribution < 1.29 is 55.9 Å². The zero-order valence-corrected chi connectivity index (χ0v) is 78.6. The number of piperazine rings is 4. The van der Waals surface area contributed by atoms with E-state index in [4.69, 9.17) is 21.6 Å². The number of aromatic amines is 4. The van der Waals surface area contributed by atoms with Crippen LogP contribution in [0.2, 0.25) is 5.15 Å². The number of ketones is 4. The van der Waals surface area contributed by atoms with Gasteiger partial charge in [0.05, 0.1) is 66.5 Å². The van der Waals surface area contributed by atoms with Gasteiger partial charge in [-0.05, 0) is 165 Å². The number of aromatic nitrogens is 16. The van der Waals surface area contributed by atoms with E-state index in [1.54, 1.807) is 136 Å². The maximum Gasteiger partial charge on any atom is 0.295 e. The van der Waals surface area contributed by atoms with E-state index in [0.717, 1.165) is 29.5 Å². The molecule has 4 saturated heterocycles. The molecule has 143 heavy (non-hydrogen) atoms. The summed E-state index contributed by atoms with van der Waals surface area (Å²) in [5, 5.41) is 28.2. The van der Waals surface area contributed by atoms with Crippen molar-refractivity contribution in [1.29, 1.82) is 0 Å². The van der Waals surface area contributed by atoms with Gasteiger partial charge in [-0.15, -0.1) is 0 Å². The second-order valence-electron chi connectivity index (χ2n) is 34.6. The second kappa shape index (κ2) is 43.0. The summed E-state index contributed by atoms with van der Waals surface area (Å²) in [7, 11) is 0. The summed E-state index contributed by atoms with van der Waals surface area (Å²) in [5.41, 5.74) is 11.6. The quantitative estimate of drug-likeness (QED) is 0.0122. The van der Waals surface area contributed by atoms with Gasteiger partial charge in [0.2, 0.25) is 0 Å². The van der Waals surface area contributed by atoms with Crippen LogP contribution in [-0.2, 0) is 19.2 Å². The van der Waals surface area contributed by atoms with Gasteiger partial charge < -0.3 is 82.1 Å². The fraction of sp³-hybridized carbons (Fsp3) is 0.235. The normalized spacial score (nSPS) is 14.2. The number of carbonyl (C=O) groups is 8. The summed E-state index contributed by atoms with van der Waals surface area (Å²) in [4.78, 5) is 176. The molecule has 5 aliphatic rings. The minimum atomic E-state index is -0.610. The van der Waals surface area contributed by atoms with E-state index in [1.807, 2.05) is 27.7 Å². The maximum atomic E-state index is 13.5. The highest BCUT2D eigenvalue weighted by Crippen LogP contribution is 2.45. The molecule has 0 spiro atoms. The molecule has 36 nitrogen and oxygen atoms in total. The van der Waals surface area contributed by atoms with Crippen molar-refractivity contribution in [2.45, 2.75) is 52.4 Å². The Morgan fingerprint density at radius 3 is 0.979 bits per heavy atom. The first-order valence-electron chi connectivity index (χ1n) is 46.3. The average Bonchev–Trinajstić information content (AvgIpc) is 1.68. The summed E-state index contributed by atoms with van der Waals surface area (Å²) >= 11 is 6.59. The number of fused-ring (bicyclic) bond motifs is 4. The summed E-state index contributed by atoms with van der Waals surface area (Å²) in [6.45, 7) is 20.7. The number of rotatable bonds is 23. The van der Waals surface area contributed by atoms with Crippen LogP contribution in [-0.4, -0.2) is 251 Å². The molecule has 1 saturated carbocycles. The Morgan fingerprint density at radius 2 is 0.650 bits per heavy atom. The van der Waals surface area contributed by atoms with E-state index in [-0.39, 0.29) is 56.6 Å². The number of hydrogen-bond acceptors (Lipinski definition) is 28. The van der Waals surface area contributed by atoms with E-state index in [1.165, 1.54) is 73.3 Å². The Hall–Kier alpha value is -16.7. The van der Waals surface area contributed by atoms with Gasteiger partial charge >= 0.3 is 0 Å². The van der Waals surface area contributed by atoms with Gasteiger partial charge in [0.25, 0.3) is 46.8 Å². The molecular formula is C102H95ClF4N28O8. The number of amides is 4. The van der Waals surface area contributed by atoms with Crippen LogP contribution in [0.4, 0.5) is 63.6 Å². The molecule has 5 fully saturated rings. The molecule has 0 atom stereocenters. The number of nitrogens with zero attached hydrogens (tertiary/aromatic N) is 16. The lowest BCUT2D eigenvalue weighted by Gasteiger charge is -2.26. The van der Waals surface area contributed by atoms with E-state index >= 15 is 0 Å². The predicted octanol–water partition coefficient (Wildman–Crippen LogP) is 14.1. The number of anilines is 8. The number of allylic oxidation sites excluding steroid dienone is 1. The lowest BCUT2D eigenvalue weighted by Crippen LogP contribution is -2.48. The molecule has 12 N–H and O–H groups in total. The number of Topliss-reactive ketones (excluding diaryl/α,β-unsaturated/α-hetero) is 4. The maximum absolute atomic E-state index is 13.5. The predicted molar refractivity (Wildman–Crippen MR) is 533 cm³/mol. The van der Waals surface area contributed by atoms with Crippen LogP contribution < -0.4 is 42.5 Å². The molecule has 726 valence electrons. The molecule has 16 aromatic rings. The Labute approximate surface area is 819 Å². The SMILES string of the molecule is C=C(C)c1cnc(-c2ccc(F)cc2)nc1Nc1ccnc2[nH]cc(C(=O)C(=O)N3CCNCC3)c12.CC(C)c1c(Cl)nc(-c2ccc(F)cc2)nc1Nc1ccnc2[nH]cc(C(=O)C(=O)N3CCNCC3)c12.Cc1cnc(-c2ccc(F)cc2)nc1Nc1ccnc2[nH]cc(C(=O)C(=O)N3CCNCC3)c12.O=C(C(=O)N1CCNCC1)c1c[nH]c2nccc(Nc3nc(-c4ccc(F)cc4)ncc3C3CC3)c12. The first-order valence-corrected chi connectivity index (χ1v) is 46.7. The third-order valence-electron chi connectivity index (χ3n) is 24.6. The largest absolute Gasteiger partial charge is 0.345 e. The molecule has 21 rings (SSSR count). The summed E-state index contributed by atoms with van der Waals surface area (Å²) in [6, 6.07) is 30.6. The van der Waals surface area contributed by atoms with Crippen molar-refractivity contribution in [3.63, 3.8) is 0 Å². The fourth-order valence-electron chi connectivity index (χ4n) is 16.9. The number of halogens is 5. The number of carbonyl (C=O) groups excluding carboxylic acids is 8. The molecule has 4 amide bonds. The van der Waals surface area contributed by atoms with Gasteiger partial charge in [-0.3, -0.25) is 38.4 Å². The van der Waals surface area contributed by atoms with Gasteiger partial charge in [-0.25, -0.2) is 77.4 Å². The summed E-state index contributed by atoms with van der Waals surface area (Å²) in [6.07, 6.45) is 19.7. The highest BCUT2D eigenvalue weighted by atomic mass is 35.5. The van der Waals surface area contributed by atoms with Crippen LogP contribution in [0.25, 0.3) is 95.3 Å². The van der Waals surface area contributed by atoms with Crippen LogP contribution in [0, 0.1) is 30.2 Å². The van der Waals surface area contributed by atoms with Gasteiger partial charge in [-0.2, -0.15) is 0 Å². The van der Waals surface area contributed by atoms with Crippen molar-refractivity contribution in [1.82, 2.24) is 121 Å². The zero-order valence-electron chi connectivity index (χ0n) is 77.8. The minimum Gasteiger partial charge on any atom is -0.345 e. The third-order valence-corrected chi connectivity index (χ3v) is 24.9. The first-order chi connectivity index (χ1) is 69.3. The van der Waals surface area contributed by atoms with Crippen molar-refractivity contribution in [3.8, 4) is 45.6 Å². The Kier molecular flexibility index (Phi) is 29.0. The molecule has 16 heterocycles. The van der Waals surface area contributed by atoms with E-state index in [9.17, 15) is 55.9 Å².